The number of imidazole rings is 1. The standard InChI is InChI=1S/C19H18F5N4OS/c1-2-30-16-5-12(11-3-4-11)8-28(29)17(16)14-6-13-15(7-25-14)27(10-26-13)9-18(20,21)19(22,23)24/h5-7,10-11H,2-4,8-9H2,1H3/q-1. The molecule has 1 saturated carbocycles. The molecule has 0 radical (unpaired) electrons. The van der Waals surface area contributed by atoms with Crippen molar-refractivity contribution in [3.63, 3.8) is 0 Å². The molecule has 4 rings (SSSR count). The van der Waals surface area contributed by atoms with E-state index < -0.39 is 18.6 Å². The smallest absolute Gasteiger partial charge is 0.455 e. The third kappa shape index (κ3) is 3.92. The molecule has 0 N–H and O–H groups in total. The molecule has 0 unspecified atom stereocenters. The highest BCUT2D eigenvalue weighted by Gasteiger charge is 2.57. The van der Waals surface area contributed by atoms with E-state index in [2.05, 4.69) is 9.97 Å². The Labute approximate surface area is 173 Å². The lowest BCUT2D eigenvalue weighted by Gasteiger charge is -2.38. The Morgan fingerprint density at radius 3 is 2.57 bits per heavy atom. The van der Waals surface area contributed by atoms with Gasteiger partial charge in [-0.15, -0.1) is 11.8 Å². The summed E-state index contributed by atoms with van der Waals surface area (Å²) in [5.41, 5.74) is 1.99. The molecule has 1 aliphatic heterocycles. The number of rotatable bonds is 6. The summed E-state index contributed by atoms with van der Waals surface area (Å²) in [6.45, 7) is 0.608. The van der Waals surface area contributed by atoms with Crippen molar-refractivity contribution in [2.45, 2.75) is 38.4 Å². The lowest BCUT2D eigenvalue weighted by atomic mass is 10.1. The van der Waals surface area contributed by atoms with E-state index >= 15 is 0 Å². The maximum atomic E-state index is 13.4. The van der Waals surface area contributed by atoms with E-state index in [1.807, 2.05) is 13.0 Å². The second kappa shape index (κ2) is 7.52. The fourth-order valence-corrected chi connectivity index (χ4v) is 4.27. The Morgan fingerprint density at radius 1 is 1.20 bits per heavy atom. The molecular weight excluding hydrogens is 427 g/mol. The SMILES string of the molecule is CCSC1=C(c2cc3ncn(CC(F)(F)C(F)(F)F)c3cn2)N([O-])CC(C2CC2)=C1. The summed E-state index contributed by atoms with van der Waals surface area (Å²) in [6, 6.07) is 1.45. The Bertz CT molecular complexity index is 1030. The van der Waals surface area contributed by atoms with Crippen molar-refractivity contribution in [1.82, 2.24) is 19.6 Å². The minimum atomic E-state index is -5.66. The van der Waals surface area contributed by atoms with Gasteiger partial charge in [0.1, 0.15) is 0 Å². The fraction of sp³-hybridized carbons (Fsp3) is 0.474. The van der Waals surface area contributed by atoms with E-state index in [1.165, 1.54) is 24.0 Å². The molecule has 11 heteroatoms. The molecule has 2 aliphatic rings. The van der Waals surface area contributed by atoms with Crippen molar-refractivity contribution in [2.75, 3.05) is 12.3 Å². The molecule has 0 saturated heterocycles. The number of aromatic nitrogens is 3. The monoisotopic (exact) mass is 445 g/mol. The van der Waals surface area contributed by atoms with Gasteiger partial charge in [-0.05, 0) is 42.2 Å². The minimum Gasteiger partial charge on any atom is -0.758 e. The van der Waals surface area contributed by atoms with Crippen LogP contribution in [0.1, 0.15) is 25.5 Å². The number of nitrogens with zero attached hydrogens (tertiary/aromatic N) is 4. The van der Waals surface area contributed by atoms with Crippen LogP contribution < -0.4 is 0 Å². The highest BCUT2D eigenvalue weighted by molar-refractivity contribution is 8.03. The van der Waals surface area contributed by atoms with Crippen LogP contribution in [0.15, 0.2) is 35.1 Å². The molecule has 5 nitrogen and oxygen atoms in total. The minimum absolute atomic E-state index is 0.0374. The van der Waals surface area contributed by atoms with Crippen LogP contribution in [-0.4, -0.2) is 44.0 Å². The number of hydrogen-bond donors (Lipinski definition) is 0. The first kappa shape index (κ1) is 21.1. The van der Waals surface area contributed by atoms with E-state index in [0.717, 1.165) is 45.0 Å². The molecule has 2 aromatic rings. The molecule has 1 fully saturated rings. The number of pyridine rings is 1. The van der Waals surface area contributed by atoms with Crippen molar-refractivity contribution >= 4 is 28.5 Å². The van der Waals surface area contributed by atoms with Gasteiger partial charge in [-0.25, -0.2) is 4.98 Å². The molecular formula is C19H18F5N4OS-. The molecule has 0 aromatic carbocycles. The molecule has 1 aliphatic carbocycles. The van der Waals surface area contributed by atoms with Crippen LogP contribution in [0.25, 0.3) is 16.7 Å². The Hall–Kier alpha value is -2.14. The number of hydroxylamine groups is 2. The Kier molecular flexibility index (Phi) is 5.29. The van der Waals surface area contributed by atoms with Gasteiger partial charge in [-0.3, -0.25) is 4.98 Å². The van der Waals surface area contributed by atoms with Gasteiger partial charge in [0.2, 0.25) is 0 Å². The number of hydrogen-bond acceptors (Lipinski definition) is 5. The van der Waals surface area contributed by atoms with Gasteiger partial charge >= 0.3 is 12.1 Å². The maximum Gasteiger partial charge on any atom is 0.455 e. The van der Waals surface area contributed by atoms with Crippen LogP contribution in [0.5, 0.6) is 0 Å². The van der Waals surface area contributed by atoms with Gasteiger partial charge in [-0.2, -0.15) is 22.0 Å². The summed E-state index contributed by atoms with van der Waals surface area (Å²) < 4.78 is 65.2. The van der Waals surface area contributed by atoms with Crippen molar-refractivity contribution in [2.24, 2.45) is 5.92 Å². The topological polar surface area (TPSA) is 57.0 Å². The number of thioether (sulfide) groups is 1. The molecule has 0 spiro atoms. The second-order valence-corrected chi connectivity index (χ2v) is 8.61. The van der Waals surface area contributed by atoms with Gasteiger partial charge in [0.25, 0.3) is 0 Å². The van der Waals surface area contributed by atoms with Crippen molar-refractivity contribution in [3.8, 4) is 0 Å². The summed E-state index contributed by atoms with van der Waals surface area (Å²) in [4.78, 5) is 8.92. The fourth-order valence-electron chi connectivity index (χ4n) is 3.39. The van der Waals surface area contributed by atoms with Crippen LogP contribution in [0.3, 0.4) is 0 Å². The number of allylic oxidation sites excluding steroid dienone is 1. The summed E-state index contributed by atoms with van der Waals surface area (Å²) in [7, 11) is 0. The summed E-state index contributed by atoms with van der Waals surface area (Å²) >= 11 is 1.50. The van der Waals surface area contributed by atoms with Crippen molar-refractivity contribution in [1.29, 1.82) is 0 Å². The first-order valence-electron chi connectivity index (χ1n) is 9.38. The largest absolute Gasteiger partial charge is 0.758 e. The highest BCUT2D eigenvalue weighted by atomic mass is 32.2. The van der Waals surface area contributed by atoms with E-state index in [9.17, 15) is 27.2 Å². The van der Waals surface area contributed by atoms with Gasteiger partial charge in [0.15, 0.2) is 0 Å². The zero-order valence-corrected chi connectivity index (χ0v) is 16.7. The molecule has 0 amide bonds. The third-order valence-corrected chi connectivity index (χ3v) is 5.97. The zero-order valence-electron chi connectivity index (χ0n) is 15.9. The molecule has 0 bridgehead atoms. The summed E-state index contributed by atoms with van der Waals surface area (Å²) in [5.74, 6) is -3.71. The number of halogens is 5. The van der Waals surface area contributed by atoms with Gasteiger partial charge in [-0.1, -0.05) is 6.92 Å². The number of fused-ring (bicyclic) bond motifs is 1. The number of alkyl halides is 5. The normalized spacial score (nSPS) is 18.4. The summed E-state index contributed by atoms with van der Waals surface area (Å²) in [5, 5.41) is 13.6. The Morgan fingerprint density at radius 2 is 1.93 bits per heavy atom. The third-order valence-electron chi connectivity index (χ3n) is 5.06. The van der Waals surface area contributed by atoms with Crippen LogP contribution in [-0.2, 0) is 6.54 Å². The van der Waals surface area contributed by atoms with Crippen molar-refractivity contribution < 1.29 is 22.0 Å². The molecule has 2 aromatic heterocycles. The maximum absolute atomic E-state index is 13.4. The van der Waals surface area contributed by atoms with Crippen LogP contribution in [0.2, 0.25) is 0 Å². The molecule has 0 atom stereocenters. The first-order valence-corrected chi connectivity index (χ1v) is 10.4. The Balaban J connectivity index is 1.71. The van der Waals surface area contributed by atoms with E-state index in [4.69, 9.17) is 0 Å². The lowest BCUT2D eigenvalue weighted by molar-refractivity contribution is -0.286. The highest BCUT2D eigenvalue weighted by Crippen LogP contribution is 2.43. The second-order valence-electron chi connectivity index (χ2n) is 7.31. The predicted molar refractivity (Wildman–Crippen MR) is 104 cm³/mol. The lowest BCUT2D eigenvalue weighted by Crippen LogP contribution is -2.40. The van der Waals surface area contributed by atoms with Crippen LogP contribution in [0.4, 0.5) is 22.0 Å². The molecule has 30 heavy (non-hydrogen) atoms. The van der Waals surface area contributed by atoms with E-state index in [0.29, 0.717) is 17.3 Å². The van der Waals surface area contributed by atoms with Gasteiger partial charge in [0.05, 0.1) is 41.5 Å². The van der Waals surface area contributed by atoms with Gasteiger partial charge in [0, 0.05) is 11.4 Å². The quantitative estimate of drug-likeness (QED) is 0.572. The average Bonchev–Trinajstić information content (AvgIpc) is 3.43. The predicted octanol–water partition coefficient (Wildman–Crippen LogP) is 5.20. The van der Waals surface area contributed by atoms with Crippen LogP contribution in [0, 0.1) is 11.1 Å². The average molecular weight is 445 g/mol. The zero-order chi connectivity index (χ0) is 21.7. The van der Waals surface area contributed by atoms with E-state index in [-0.39, 0.29) is 17.6 Å². The molecule has 3 heterocycles. The van der Waals surface area contributed by atoms with E-state index in [1.54, 1.807) is 0 Å². The van der Waals surface area contributed by atoms with Crippen LogP contribution >= 0.6 is 11.8 Å². The van der Waals surface area contributed by atoms with Crippen molar-refractivity contribution in [3.05, 3.63) is 46.0 Å². The van der Waals surface area contributed by atoms with Gasteiger partial charge < -0.3 is 14.8 Å². The summed E-state index contributed by atoms with van der Waals surface area (Å²) in [6.07, 6.45) is 0.605. The first-order chi connectivity index (χ1) is 14.1. The molecule has 162 valence electrons.